The zero-order valence-corrected chi connectivity index (χ0v) is 27.1. The van der Waals surface area contributed by atoms with E-state index < -0.39 is 7.12 Å². The minimum Gasteiger partial charge on any atom is -0.399 e. The van der Waals surface area contributed by atoms with Crippen LogP contribution in [0.3, 0.4) is 0 Å². The smallest absolute Gasteiger partial charge is 0.399 e. The van der Waals surface area contributed by atoms with E-state index in [1.165, 1.54) is 20.2 Å². The SMILES string of the molecule is CC1(C)OB(c2c3ccccc3nc3c2sc2ccccc23)OC1(C)C.Clc1c2ccccc2nc2c1sc1ccccc12. The third-order valence-electron chi connectivity index (χ3n) is 8.87. The van der Waals surface area contributed by atoms with Gasteiger partial charge in [-0.3, -0.25) is 0 Å². The fourth-order valence-corrected chi connectivity index (χ4v) is 8.52. The van der Waals surface area contributed by atoms with Gasteiger partial charge in [-0.15, -0.1) is 22.7 Å². The molecule has 1 fully saturated rings. The van der Waals surface area contributed by atoms with Crippen LogP contribution in [0.4, 0.5) is 0 Å². The second kappa shape index (κ2) is 10.2. The summed E-state index contributed by atoms with van der Waals surface area (Å²) in [6.45, 7) is 8.38. The molecule has 44 heavy (non-hydrogen) atoms. The molecule has 0 radical (unpaired) electrons. The van der Waals surface area contributed by atoms with Gasteiger partial charge in [0.05, 0.1) is 47.7 Å². The number of hydrogen-bond acceptors (Lipinski definition) is 6. The molecule has 216 valence electrons. The van der Waals surface area contributed by atoms with E-state index in [1.54, 1.807) is 22.7 Å². The zero-order chi connectivity index (χ0) is 30.2. The van der Waals surface area contributed by atoms with Gasteiger partial charge in [0, 0.05) is 36.4 Å². The predicted molar refractivity (Wildman–Crippen MR) is 190 cm³/mol. The Morgan fingerprint density at radius 3 is 1.59 bits per heavy atom. The van der Waals surface area contributed by atoms with Crippen molar-refractivity contribution in [1.82, 2.24) is 9.97 Å². The van der Waals surface area contributed by atoms with Crippen LogP contribution in [0, 0.1) is 0 Å². The molecule has 1 aliphatic heterocycles. The Bertz CT molecular complexity index is 2380. The second-order valence-electron chi connectivity index (χ2n) is 12.1. The summed E-state index contributed by atoms with van der Waals surface area (Å²) in [4.78, 5) is 9.72. The van der Waals surface area contributed by atoms with Gasteiger partial charge in [0.1, 0.15) is 0 Å². The Morgan fingerprint density at radius 2 is 1.00 bits per heavy atom. The summed E-state index contributed by atoms with van der Waals surface area (Å²) in [5.74, 6) is 0. The maximum atomic E-state index is 6.52. The van der Waals surface area contributed by atoms with Crippen LogP contribution in [0.15, 0.2) is 97.1 Å². The molecule has 9 rings (SSSR count). The van der Waals surface area contributed by atoms with Gasteiger partial charge in [-0.1, -0.05) is 84.4 Å². The molecule has 1 saturated heterocycles. The molecule has 0 atom stereocenters. The number of pyridine rings is 2. The molecule has 5 heterocycles. The lowest BCUT2D eigenvalue weighted by molar-refractivity contribution is 0.00578. The van der Waals surface area contributed by atoms with Gasteiger partial charge >= 0.3 is 7.12 Å². The fraction of sp³-hybridized carbons (Fsp3) is 0.167. The minimum absolute atomic E-state index is 0.370. The third kappa shape index (κ3) is 4.33. The number of fused-ring (bicyclic) bond motifs is 8. The largest absolute Gasteiger partial charge is 0.497 e. The van der Waals surface area contributed by atoms with Crippen LogP contribution in [0.5, 0.6) is 0 Å². The van der Waals surface area contributed by atoms with Crippen molar-refractivity contribution in [2.75, 3.05) is 0 Å². The molecule has 4 aromatic heterocycles. The van der Waals surface area contributed by atoms with Gasteiger partial charge in [0.15, 0.2) is 0 Å². The van der Waals surface area contributed by atoms with Gasteiger partial charge < -0.3 is 9.31 Å². The van der Waals surface area contributed by atoms with E-state index in [0.29, 0.717) is 0 Å². The quantitative estimate of drug-likeness (QED) is 0.169. The first-order valence-electron chi connectivity index (χ1n) is 14.6. The normalized spacial score (nSPS) is 16.0. The van der Waals surface area contributed by atoms with E-state index >= 15 is 0 Å². The van der Waals surface area contributed by atoms with Crippen molar-refractivity contribution in [3.8, 4) is 0 Å². The van der Waals surface area contributed by atoms with E-state index in [2.05, 4.69) is 82.3 Å². The molecule has 0 unspecified atom stereocenters. The van der Waals surface area contributed by atoms with Crippen LogP contribution in [-0.2, 0) is 9.31 Å². The summed E-state index contributed by atoms with van der Waals surface area (Å²) in [5, 5.41) is 5.32. The average Bonchev–Trinajstić information content (AvgIpc) is 3.64. The lowest BCUT2D eigenvalue weighted by atomic mass is 9.76. The van der Waals surface area contributed by atoms with Gasteiger partial charge in [-0.25, -0.2) is 9.97 Å². The molecule has 4 nitrogen and oxygen atoms in total. The lowest BCUT2D eigenvalue weighted by Gasteiger charge is -2.32. The van der Waals surface area contributed by atoms with Crippen molar-refractivity contribution >= 4 is 109 Å². The van der Waals surface area contributed by atoms with Crippen LogP contribution < -0.4 is 5.46 Å². The number of benzene rings is 4. The van der Waals surface area contributed by atoms with Crippen LogP contribution in [0.1, 0.15) is 27.7 Å². The van der Waals surface area contributed by atoms with Crippen molar-refractivity contribution in [3.05, 3.63) is 102 Å². The van der Waals surface area contributed by atoms with Gasteiger partial charge in [0.25, 0.3) is 0 Å². The first-order chi connectivity index (χ1) is 21.2. The van der Waals surface area contributed by atoms with E-state index in [9.17, 15) is 0 Å². The highest BCUT2D eigenvalue weighted by Gasteiger charge is 2.52. The number of halogens is 1. The summed E-state index contributed by atoms with van der Waals surface area (Å²) in [7, 11) is -0.400. The molecule has 8 heteroatoms. The van der Waals surface area contributed by atoms with E-state index in [0.717, 1.165) is 52.7 Å². The zero-order valence-electron chi connectivity index (χ0n) is 24.7. The number of nitrogens with zero attached hydrogens (tertiary/aromatic N) is 2. The Labute approximate surface area is 268 Å². The molecule has 4 aromatic carbocycles. The number of hydrogen-bond donors (Lipinski definition) is 0. The molecule has 0 amide bonds. The van der Waals surface area contributed by atoms with Crippen molar-refractivity contribution in [1.29, 1.82) is 0 Å². The molecular weight excluding hydrogens is 603 g/mol. The molecule has 1 aliphatic rings. The van der Waals surface area contributed by atoms with Crippen LogP contribution in [0.2, 0.25) is 5.02 Å². The van der Waals surface area contributed by atoms with E-state index in [-0.39, 0.29) is 11.2 Å². The molecule has 0 bridgehead atoms. The average molecular weight is 631 g/mol. The van der Waals surface area contributed by atoms with Crippen LogP contribution >= 0.6 is 34.3 Å². The summed E-state index contributed by atoms with van der Waals surface area (Å²) in [6, 6.07) is 33.0. The maximum Gasteiger partial charge on any atom is 0.497 e. The summed E-state index contributed by atoms with van der Waals surface area (Å²) < 4.78 is 17.5. The predicted octanol–water partition coefficient (Wildman–Crippen LogP) is 10.2. The molecule has 0 spiro atoms. The molecule has 8 aromatic rings. The second-order valence-corrected chi connectivity index (χ2v) is 14.6. The monoisotopic (exact) mass is 630 g/mol. The minimum atomic E-state index is -0.400. The summed E-state index contributed by atoms with van der Waals surface area (Å²) in [5.41, 5.74) is 4.35. The maximum absolute atomic E-state index is 6.52. The number of para-hydroxylation sites is 2. The Balaban J connectivity index is 0.000000140. The molecule has 0 aliphatic carbocycles. The standard InChI is InChI=1S/C21H20BNO2S.C15H8ClNS/c1-20(2)21(3,4)25-22(24-20)17-13-9-5-7-11-15(13)23-18-14-10-6-8-12-16(14)26-19(17)18;16-13-9-5-1-3-7-11(9)17-14-10-6-2-4-8-12(10)18-15(13)14/h5-12H,1-4H3;1-8H. The third-order valence-corrected chi connectivity index (χ3v) is 11.7. The van der Waals surface area contributed by atoms with Crippen molar-refractivity contribution in [3.63, 3.8) is 0 Å². The lowest BCUT2D eigenvalue weighted by Crippen LogP contribution is -2.41. The Hall–Kier alpha value is -3.59. The van der Waals surface area contributed by atoms with Gasteiger partial charge in [-0.05, 0) is 52.0 Å². The highest BCUT2D eigenvalue weighted by molar-refractivity contribution is 7.27. The first-order valence-corrected chi connectivity index (χ1v) is 16.6. The Kier molecular flexibility index (Phi) is 6.49. The van der Waals surface area contributed by atoms with Crippen LogP contribution in [-0.4, -0.2) is 28.3 Å². The Morgan fingerprint density at radius 1 is 0.568 bits per heavy atom. The van der Waals surface area contributed by atoms with E-state index in [4.69, 9.17) is 30.9 Å². The van der Waals surface area contributed by atoms with Gasteiger partial charge in [0.2, 0.25) is 0 Å². The van der Waals surface area contributed by atoms with Crippen molar-refractivity contribution in [2.45, 2.75) is 38.9 Å². The molecule has 0 saturated carbocycles. The highest BCUT2D eigenvalue weighted by atomic mass is 35.5. The van der Waals surface area contributed by atoms with E-state index in [1.807, 2.05) is 42.5 Å². The summed E-state index contributed by atoms with van der Waals surface area (Å²) in [6.07, 6.45) is 0. The summed E-state index contributed by atoms with van der Waals surface area (Å²) >= 11 is 9.99. The molecular formula is C36H28BClN2O2S2. The van der Waals surface area contributed by atoms with Crippen molar-refractivity contribution in [2.24, 2.45) is 0 Å². The fourth-order valence-electron chi connectivity index (χ4n) is 5.85. The number of aromatic nitrogens is 2. The number of thiophene rings is 2. The molecule has 0 N–H and O–H groups in total. The number of rotatable bonds is 1. The topological polar surface area (TPSA) is 44.2 Å². The van der Waals surface area contributed by atoms with Crippen LogP contribution in [0.25, 0.3) is 62.4 Å². The van der Waals surface area contributed by atoms with Crippen molar-refractivity contribution < 1.29 is 9.31 Å². The van der Waals surface area contributed by atoms with Gasteiger partial charge in [-0.2, -0.15) is 0 Å². The first kappa shape index (κ1) is 27.9. The highest BCUT2D eigenvalue weighted by Crippen LogP contribution is 2.41.